The molecule has 0 aliphatic rings. The molecule has 6 atom stereocenters. The van der Waals surface area contributed by atoms with E-state index in [0.29, 0.717) is 5.56 Å². The Balaban J connectivity index is 1.67. The quantitative estimate of drug-likeness (QED) is 0.00780. The first-order valence-corrected chi connectivity index (χ1v) is 21.4. The van der Waals surface area contributed by atoms with E-state index in [-0.39, 0.29) is 11.3 Å². The Morgan fingerprint density at radius 2 is 0.987 bits per heavy atom. The molecule has 0 saturated heterocycles. The number of carbonyl (C=O) groups is 7. The van der Waals surface area contributed by atoms with Crippen molar-refractivity contribution in [3.8, 4) is 0 Å². The number of aliphatic hydroxyl groups excluding tert-OH is 1. The largest absolute Gasteiger partial charge is 0.478 e. The van der Waals surface area contributed by atoms with Crippen LogP contribution in [-0.4, -0.2) is 111 Å². The number of carboxylic acids is 1. The number of aliphatic hydroxyl groups is 1. The first-order valence-electron chi connectivity index (χ1n) is 21.4. The second kappa shape index (κ2) is 26.4. The van der Waals surface area contributed by atoms with Crippen molar-refractivity contribution in [3.63, 3.8) is 0 Å². The number of amides is 6. The fourth-order valence-electron chi connectivity index (χ4n) is 6.45. The molecule has 0 bridgehead atoms. The molecule has 0 aliphatic heterocycles. The number of anilines is 1. The SMILES string of the molecule is NC(=O)C(N=C(N)N)NC(=O)C(N=C(N)N)NC(=O)C(N=C(N)N)NC(=O)C(N=C(N)N)NC(=O)C(NC(=O)C(O)N(Cc1ccc(C=Cc2ccccc2)cc1)c1ccc([N+](=O)[O-])cc1C(=O)O)c1ccccc1. The van der Waals surface area contributed by atoms with Gasteiger partial charge >= 0.3 is 5.97 Å². The first-order chi connectivity index (χ1) is 35.4. The predicted octanol–water partition coefficient (Wildman–Crippen LogP) is -5.01. The molecule has 31 heteroatoms. The van der Waals surface area contributed by atoms with Crippen LogP contribution in [-0.2, 0) is 35.3 Å². The number of non-ortho nitro benzene ring substituents is 1. The zero-order valence-corrected chi connectivity index (χ0v) is 39.1. The number of primary amides is 1. The normalized spacial score (nSPS) is 13.0. The lowest BCUT2D eigenvalue weighted by Gasteiger charge is -2.31. The van der Waals surface area contributed by atoms with E-state index in [2.05, 4.69) is 30.6 Å². The predicted molar refractivity (Wildman–Crippen MR) is 272 cm³/mol. The lowest BCUT2D eigenvalue weighted by atomic mass is 10.0. The minimum absolute atomic E-state index is 0.0203. The molecule has 0 saturated carbocycles. The zero-order chi connectivity index (χ0) is 55.5. The minimum atomic E-state index is -2.35. The second-order valence-electron chi connectivity index (χ2n) is 15.4. The van der Waals surface area contributed by atoms with Crippen LogP contribution in [0.2, 0.25) is 0 Å². The van der Waals surface area contributed by atoms with Crippen molar-refractivity contribution >= 4 is 88.8 Å². The van der Waals surface area contributed by atoms with E-state index in [0.717, 1.165) is 34.2 Å². The number of nitrogens with zero attached hydrogens (tertiary/aromatic N) is 6. The molecule has 4 aromatic carbocycles. The number of aromatic carboxylic acids is 1. The number of hydrogen-bond donors (Lipinski definition) is 16. The van der Waals surface area contributed by atoms with E-state index >= 15 is 0 Å². The summed E-state index contributed by atoms with van der Waals surface area (Å²) in [7, 11) is 0. The number of guanidine groups is 4. The summed E-state index contributed by atoms with van der Waals surface area (Å²) in [6.45, 7) is -0.391. The summed E-state index contributed by atoms with van der Waals surface area (Å²) in [4.78, 5) is 120. The monoisotopic (exact) mass is 1040 g/mol. The van der Waals surface area contributed by atoms with Crippen molar-refractivity contribution < 1.29 is 48.7 Å². The maximum atomic E-state index is 14.3. The molecule has 4 aromatic rings. The number of rotatable bonds is 24. The number of aliphatic imine (C=N–C) groups is 4. The Kier molecular flexibility index (Phi) is 20.0. The molecule has 0 radical (unpaired) electrons. The molecular weight excluding hydrogens is 985 g/mol. The summed E-state index contributed by atoms with van der Waals surface area (Å²) in [5, 5.41) is 44.3. The van der Waals surface area contributed by atoms with Gasteiger partial charge in [-0.25, -0.2) is 24.8 Å². The molecule has 0 fully saturated rings. The molecule has 0 heterocycles. The van der Waals surface area contributed by atoms with Crippen molar-refractivity contribution in [1.29, 1.82) is 0 Å². The van der Waals surface area contributed by atoms with Gasteiger partial charge in [0.25, 0.3) is 35.2 Å². The van der Waals surface area contributed by atoms with Gasteiger partial charge in [-0.05, 0) is 28.3 Å². The Labute approximate surface area is 424 Å². The molecule has 4 rings (SSSR count). The van der Waals surface area contributed by atoms with Crippen molar-refractivity contribution in [1.82, 2.24) is 26.6 Å². The minimum Gasteiger partial charge on any atom is -0.478 e. The molecule has 25 N–H and O–H groups in total. The van der Waals surface area contributed by atoms with Gasteiger partial charge in [0.2, 0.25) is 36.8 Å². The molecular formula is C44H52N20O11. The smallest absolute Gasteiger partial charge is 0.338 e. The molecule has 75 heavy (non-hydrogen) atoms. The fourth-order valence-corrected chi connectivity index (χ4v) is 6.45. The van der Waals surface area contributed by atoms with Crippen molar-refractivity contribution in [3.05, 3.63) is 141 Å². The average Bonchev–Trinajstić information content (AvgIpc) is 3.35. The highest BCUT2D eigenvalue weighted by Gasteiger charge is 2.36. The van der Waals surface area contributed by atoms with Crippen molar-refractivity contribution in [2.45, 2.75) is 43.5 Å². The molecule has 0 aliphatic carbocycles. The van der Waals surface area contributed by atoms with Crippen LogP contribution in [0.5, 0.6) is 0 Å². The number of carbonyl (C=O) groups excluding carboxylic acids is 6. The lowest BCUT2D eigenvalue weighted by Crippen LogP contribution is -2.58. The van der Waals surface area contributed by atoms with Gasteiger partial charge in [-0.3, -0.25) is 38.9 Å². The number of nitro groups is 1. The van der Waals surface area contributed by atoms with E-state index in [1.54, 1.807) is 30.3 Å². The number of hydrogen-bond acceptors (Lipinski definition) is 15. The van der Waals surface area contributed by atoms with Crippen LogP contribution in [0.15, 0.2) is 123 Å². The molecule has 6 amide bonds. The number of nitrogens with one attached hydrogen (secondary N) is 5. The summed E-state index contributed by atoms with van der Waals surface area (Å²) >= 11 is 0. The Morgan fingerprint density at radius 3 is 1.43 bits per heavy atom. The van der Waals surface area contributed by atoms with Crippen LogP contribution >= 0.6 is 0 Å². The Bertz CT molecular complexity index is 2900. The summed E-state index contributed by atoms with van der Waals surface area (Å²) < 4.78 is 0. The number of nitro benzene ring substituents is 1. The fraction of sp³-hybridized carbons (Fsp3) is 0.159. The van der Waals surface area contributed by atoms with Gasteiger partial charge in [-0.1, -0.05) is 97.1 Å². The third-order valence-corrected chi connectivity index (χ3v) is 9.79. The lowest BCUT2D eigenvalue weighted by molar-refractivity contribution is -0.384. The van der Waals surface area contributed by atoms with Crippen LogP contribution < -0.4 is 83.1 Å². The van der Waals surface area contributed by atoms with Crippen molar-refractivity contribution in [2.75, 3.05) is 4.90 Å². The van der Waals surface area contributed by atoms with Gasteiger partial charge in [-0.2, -0.15) is 0 Å². The summed E-state index contributed by atoms with van der Waals surface area (Å²) in [6.07, 6.45) is -7.09. The Morgan fingerprint density at radius 1 is 0.560 bits per heavy atom. The first kappa shape index (κ1) is 56.7. The maximum Gasteiger partial charge on any atom is 0.338 e. The van der Waals surface area contributed by atoms with Gasteiger partial charge < -0.3 is 93.3 Å². The van der Waals surface area contributed by atoms with Gasteiger partial charge in [-0.15, -0.1) is 0 Å². The van der Waals surface area contributed by atoms with E-state index in [1.165, 1.54) is 24.3 Å². The topological polar surface area (TPSA) is 550 Å². The average molecular weight is 1040 g/mol. The maximum absolute atomic E-state index is 14.3. The Hall–Kier alpha value is -10.9. The van der Waals surface area contributed by atoms with Crippen LogP contribution in [0.4, 0.5) is 11.4 Å². The van der Waals surface area contributed by atoms with E-state index < -0.39 is 125 Å². The highest BCUT2D eigenvalue weighted by molar-refractivity contribution is 6.00. The summed E-state index contributed by atoms with van der Waals surface area (Å²) in [5.41, 5.74) is 49.3. The molecule has 31 nitrogen and oxygen atoms in total. The van der Waals surface area contributed by atoms with Gasteiger partial charge in [0.1, 0.15) is 6.04 Å². The van der Waals surface area contributed by atoms with Crippen LogP contribution in [0.1, 0.15) is 38.7 Å². The van der Waals surface area contributed by atoms with Gasteiger partial charge in [0.15, 0.2) is 23.8 Å². The van der Waals surface area contributed by atoms with Crippen LogP contribution in [0, 0.1) is 10.1 Å². The van der Waals surface area contributed by atoms with Crippen LogP contribution in [0.3, 0.4) is 0 Å². The van der Waals surface area contributed by atoms with E-state index in [4.69, 9.17) is 51.6 Å². The molecule has 0 aromatic heterocycles. The molecule has 0 spiro atoms. The number of benzene rings is 4. The van der Waals surface area contributed by atoms with Crippen LogP contribution in [0.25, 0.3) is 12.2 Å². The highest BCUT2D eigenvalue weighted by atomic mass is 16.6. The summed E-state index contributed by atoms with van der Waals surface area (Å²) in [5.74, 6) is -12.9. The zero-order valence-electron chi connectivity index (χ0n) is 39.1. The third kappa shape index (κ3) is 17.2. The summed E-state index contributed by atoms with van der Waals surface area (Å²) in [6, 6.07) is 24.1. The van der Waals surface area contributed by atoms with E-state index in [9.17, 15) is 53.9 Å². The van der Waals surface area contributed by atoms with Gasteiger partial charge in [0.05, 0.1) is 16.2 Å². The molecule has 6 unspecified atom stereocenters. The molecule has 394 valence electrons. The van der Waals surface area contributed by atoms with Crippen molar-refractivity contribution in [2.24, 2.45) is 71.6 Å². The van der Waals surface area contributed by atoms with E-state index in [1.807, 2.05) is 58.4 Å². The second-order valence-corrected chi connectivity index (χ2v) is 15.4. The number of nitrogens with two attached hydrogens (primary N) is 9. The highest BCUT2D eigenvalue weighted by Crippen LogP contribution is 2.29. The van der Waals surface area contributed by atoms with Gasteiger partial charge in [0, 0.05) is 18.7 Å². The third-order valence-electron chi connectivity index (χ3n) is 9.79. The standard InChI is InChI=1S/C44H52N20O11/c45-29(65)30(59-41(46)47)55-35(67)32(61-43(50)51)57-37(69)33(62-44(52)53)58-36(68)31(60-42(48)49)56-34(66)28(24-9-5-2-6-10-24)54-38(70)39(71)63(27-18-17-25(64(74)75)19-26(27)40(72)73)20-23-15-13-22(14-16-23)12-11-21-7-3-1-4-8-21/h1-19,28,30-33,39,71H,20H2,(H2,45,65)(H,54,70)(H,55,67)(H,56,66)(H,57,69)(H,58,68)(H,72,73)(H4,46,47,59)(H4,48,49,60)(H4,50,51,61)(H4,52,53,62). The number of carboxylic acid groups (broad SMARTS) is 1.